The molecule has 34 heavy (non-hydrogen) atoms. The zero-order valence-corrected chi connectivity index (χ0v) is 19.5. The van der Waals surface area contributed by atoms with Crippen molar-refractivity contribution in [1.29, 1.82) is 0 Å². The standard InChI is InChI=1S/C23H29N7O4/c1-15(2)8-11-29-19-20(25-22(29)28-12-9-24-10-13-28)27(3)23(33)30(21(19)32)14-18(31)16-6-4-5-7-17(16)26-34/h4-8,24,26,34H,9-14H2,1-3H3. The molecule has 0 atom stereocenters. The van der Waals surface area contributed by atoms with Gasteiger partial charge < -0.3 is 14.8 Å². The van der Waals surface area contributed by atoms with E-state index in [-0.39, 0.29) is 22.4 Å². The van der Waals surface area contributed by atoms with Crippen LogP contribution in [0.3, 0.4) is 0 Å². The van der Waals surface area contributed by atoms with Gasteiger partial charge in [0.2, 0.25) is 5.95 Å². The molecule has 4 rings (SSSR count). The van der Waals surface area contributed by atoms with Crippen molar-refractivity contribution in [2.24, 2.45) is 7.05 Å². The van der Waals surface area contributed by atoms with Crippen LogP contribution in [0, 0.1) is 0 Å². The Hall–Kier alpha value is -3.70. The van der Waals surface area contributed by atoms with Crippen LogP contribution in [0.25, 0.3) is 11.2 Å². The zero-order chi connectivity index (χ0) is 24.4. The van der Waals surface area contributed by atoms with Gasteiger partial charge in [-0.2, -0.15) is 4.98 Å². The van der Waals surface area contributed by atoms with Crippen molar-refractivity contribution in [2.45, 2.75) is 26.9 Å². The fourth-order valence-electron chi connectivity index (χ4n) is 4.11. The molecule has 0 saturated carbocycles. The van der Waals surface area contributed by atoms with Crippen molar-refractivity contribution in [3.63, 3.8) is 0 Å². The number of Topliss-reactive ketones (excluding diaryl/α,β-unsaturated/α-hetero) is 1. The molecular formula is C23H29N7O4. The Morgan fingerprint density at radius 3 is 2.56 bits per heavy atom. The Labute approximate surface area is 195 Å². The number of carbonyl (C=O) groups excluding carboxylic acids is 1. The summed E-state index contributed by atoms with van der Waals surface area (Å²) in [5.41, 5.74) is 2.81. The first-order valence-corrected chi connectivity index (χ1v) is 11.1. The Balaban J connectivity index is 1.88. The number of piperazine rings is 1. The number of benzene rings is 1. The average molecular weight is 468 g/mol. The summed E-state index contributed by atoms with van der Waals surface area (Å²) >= 11 is 0. The van der Waals surface area contributed by atoms with Crippen LogP contribution in [-0.2, 0) is 20.1 Å². The van der Waals surface area contributed by atoms with E-state index in [2.05, 4.69) is 10.2 Å². The summed E-state index contributed by atoms with van der Waals surface area (Å²) in [5, 5.41) is 12.6. The number of allylic oxidation sites excluding steroid dienone is 2. The van der Waals surface area contributed by atoms with E-state index in [1.807, 2.05) is 30.0 Å². The van der Waals surface area contributed by atoms with Gasteiger partial charge in [0.15, 0.2) is 16.9 Å². The first-order valence-electron chi connectivity index (χ1n) is 11.1. The first-order chi connectivity index (χ1) is 16.3. The van der Waals surface area contributed by atoms with Crippen LogP contribution < -0.4 is 26.9 Å². The van der Waals surface area contributed by atoms with Gasteiger partial charge in [-0.05, 0) is 26.0 Å². The average Bonchev–Trinajstić information content (AvgIpc) is 3.24. The highest BCUT2D eigenvalue weighted by Gasteiger charge is 2.25. The maximum atomic E-state index is 13.6. The van der Waals surface area contributed by atoms with E-state index in [0.29, 0.717) is 12.5 Å². The largest absolute Gasteiger partial charge is 0.340 e. The molecule has 1 aliphatic heterocycles. The minimum atomic E-state index is -0.626. The van der Waals surface area contributed by atoms with Gasteiger partial charge in [-0.3, -0.25) is 29.4 Å². The summed E-state index contributed by atoms with van der Waals surface area (Å²) in [4.78, 5) is 46.5. The highest BCUT2D eigenvalue weighted by molar-refractivity contribution is 6.01. The number of imidazole rings is 1. The zero-order valence-electron chi connectivity index (χ0n) is 19.5. The summed E-state index contributed by atoms with van der Waals surface area (Å²) in [7, 11) is 1.55. The number of hydrogen-bond acceptors (Lipinski definition) is 8. The highest BCUT2D eigenvalue weighted by atomic mass is 16.5. The molecule has 0 aliphatic carbocycles. The minimum absolute atomic E-state index is 0.179. The van der Waals surface area contributed by atoms with Gasteiger partial charge in [-0.1, -0.05) is 23.8 Å². The number of para-hydroxylation sites is 1. The Morgan fingerprint density at radius 2 is 1.88 bits per heavy atom. The van der Waals surface area contributed by atoms with Crippen LogP contribution in [-0.4, -0.2) is 55.9 Å². The van der Waals surface area contributed by atoms with Crippen molar-refractivity contribution in [1.82, 2.24) is 24.0 Å². The summed E-state index contributed by atoms with van der Waals surface area (Å²) in [6.07, 6.45) is 2.00. The lowest BCUT2D eigenvalue weighted by atomic mass is 10.1. The molecule has 1 aliphatic rings. The van der Waals surface area contributed by atoms with Crippen molar-refractivity contribution in [2.75, 3.05) is 36.6 Å². The maximum absolute atomic E-state index is 13.6. The van der Waals surface area contributed by atoms with Crippen molar-refractivity contribution in [3.8, 4) is 0 Å². The third kappa shape index (κ3) is 4.27. The smallest absolute Gasteiger partial charge is 0.332 e. The highest BCUT2D eigenvalue weighted by Crippen LogP contribution is 2.21. The third-order valence-corrected chi connectivity index (χ3v) is 5.94. The van der Waals surface area contributed by atoms with E-state index in [1.165, 1.54) is 16.7 Å². The molecule has 180 valence electrons. The van der Waals surface area contributed by atoms with Gasteiger partial charge in [-0.25, -0.2) is 4.79 Å². The molecule has 0 bridgehead atoms. The lowest BCUT2D eigenvalue weighted by molar-refractivity contribution is 0.0969. The summed E-state index contributed by atoms with van der Waals surface area (Å²) in [6.45, 7) is 6.94. The maximum Gasteiger partial charge on any atom is 0.332 e. The topological polar surface area (TPSA) is 126 Å². The number of aryl methyl sites for hydroxylation is 1. The fraction of sp³-hybridized carbons (Fsp3) is 0.391. The number of aromatic nitrogens is 4. The van der Waals surface area contributed by atoms with Gasteiger partial charge >= 0.3 is 5.69 Å². The predicted octanol–water partition coefficient (Wildman–Crippen LogP) is 0.957. The second-order valence-corrected chi connectivity index (χ2v) is 8.53. The molecule has 1 saturated heterocycles. The number of hydrogen-bond donors (Lipinski definition) is 3. The first kappa shape index (κ1) is 23.5. The van der Waals surface area contributed by atoms with Crippen molar-refractivity contribution in [3.05, 3.63) is 62.3 Å². The van der Waals surface area contributed by atoms with E-state index in [4.69, 9.17) is 4.98 Å². The van der Waals surface area contributed by atoms with Crippen LogP contribution in [0.4, 0.5) is 11.6 Å². The van der Waals surface area contributed by atoms with Gasteiger partial charge in [0.25, 0.3) is 5.56 Å². The molecule has 11 heteroatoms. The number of nitrogens with one attached hydrogen (secondary N) is 2. The molecule has 0 spiro atoms. The van der Waals surface area contributed by atoms with Gasteiger partial charge in [0, 0.05) is 45.3 Å². The van der Waals surface area contributed by atoms with Crippen LogP contribution in [0.2, 0.25) is 0 Å². The van der Waals surface area contributed by atoms with Gasteiger partial charge in [0.05, 0.1) is 12.2 Å². The number of rotatable bonds is 7. The number of fused-ring (bicyclic) bond motifs is 1. The normalized spacial score (nSPS) is 13.8. The minimum Gasteiger partial charge on any atom is -0.340 e. The summed E-state index contributed by atoms with van der Waals surface area (Å²) in [5.74, 6) is 0.147. The molecule has 1 aromatic carbocycles. The number of nitrogens with zero attached hydrogens (tertiary/aromatic N) is 5. The molecule has 3 aromatic rings. The fourth-order valence-corrected chi connectivity index (χ4v) is 4.11. The summed E-state index contributed by atoms with van der Waals surface area (Å²) < 4.78 is 4.06. The Morgan fingerprint density at radius 1 is 1.18 bits per heavy atom. The molecule has 3 N–H and O–H groups in total. The van der Waals surface area contributed by atoms with E-state index in [0.717, 1.165) is 36.3 Å². The quantitative estimate of drug-likeness (QED) is 0.266. The van der Waals surface area contributed by atoms with Crippen molar-refractivity contribution >= 4 is 28.6 Å². The van der Waals surface area contributed by atoms with Crippen LogP contribution in [0.1, 0.15) is 24.2 Å². The second kappa shape index (κ2) is 9.65. The van der Waals surface area contributed by atoms with E-state index in [1.54, 1.807) is 19.2 Å². The predicted molar refractivity (Wildman–Crippen MR) is 130 cm³/mol. The molecule has 3 heterocycles. The summed E-state index contributed by atoms with van der Waals surface area (Å²) in [6, 6.07) is 6.36. The van der Waals surface area contributed by atoms with Crippen LogP contribution >= 0.6 is 0 Å². The van der Waals surface area contributed by atoms with E-state index in [9.17, 15) is 19.6 Å². The molecule has 2 aromatic heterocycles. The Kier molecular flexibility index (Phi) is 6.66. The van der Waals surface area contributed by atoms with Crippen LogP contribution in [0.15, 0.2) is 45.5 Å². The van der Waals surface area contributed by atoms with E-state index >= 15 is 0 Å². The molecule has 0 amide bonds. The molecule has 1 fully saturated rings. The molecular weight excluding hydrogens is 438 g/mol. The number of ketones is 1. The monoisotopic (exact) mass is 467 g/mol. The Bertz CT molecular complexity index is 1370. The SMILES string of the molecule is CC(C)=CCn1c(N2CCNCC2)nc2c1c(=O)n(CC(=O)c1ccccc1NO)c(=O)n2C. The van der Waals surface area contributed by atoms with Gasteiger partial charge in [-0.15, -0.1) is 0 Å². The number of carbonyl (C=O) groups is 1. The molecule has 11 nitrogen and oxygen atoms in total. The number of anilines is 2. The second-order valence-electron chi connectivity index (χ2n) is 8.53. The molecule has 0 radical (unpaired) electrons. The lowest BCUT2D eigenvalue weighted by Gasteiger charge is -2.28. The van der Waals surface area contributed by atoms with Gasteiger partial charge in [0.1, 0.15) is 0 Å². The lowest BCUT2D eigenvalue weighted by Crippen LogP contribution is -2.44. The third-order valence-electron chi connectivity index (χ3n) is 5.94. The van der Waals surface area contributed by atoms with Crippen LogP contribution in [0.5, 0.6) is 0 Å². The van der Waals surface area contributed by atoms with Crippen molar-refractivity contribution < 1.29 is 10.0 Å². The molecule has 0 unspecified atom stereocenters. The van der Waals surface area contributed by atoms with E-state index < -0.39 is 23.6 Å².